The van der Waals surface area contributed by atoms with E-state index in [4.69, 9.17) is 11.6 Å². The molecule has 1 aromatic heterocycles. The fourth-order valence-corrected chi connectivity index (χ4v) is 3.02. The first kappa shape index (κ1) is 17.9. The summed E-state index contributed by atoms with van der Waals surface area (Å²) in [5.74, 6) is 0.0171. The monoisotopic (exact) mass is 366 g/mol. The van der Waals surface area contributed by atoms with Crippen molar-refractivity contribution in [3.05, 3.63) is 76.1 Å². The van der Waals surface area contributed by atoms with Gasteiger partial charge in [0.25, 0.3) is 5.91 Å². The quantitative estimate of drug-likeness (QED) is 0.678. The summed E-state index contributed by atoms with van der Waals surface area (Å²) in [6.07, 6.45) is 1.55. The van der Waals surface area contributed by atoms with Crippen molar-refractivity contribution in [2.75, 3.05) is 10.6 Å². The van der Waals surface area contributed by atoms with Crippen LogP contribution in [0.1, 0.15) is 27.2 Å². The Balaban J connectivity index is 1.80. The van der Waals surface area contributed by atoms with E-state index in [-0.39, 0.29) is 11.6 Å². The molecule has 0 bridgehead atoms. The molecule has 1 amide bonds. The molecule has 3 rings (SSSR count). The van der Waals surface area contributed by atoms with Crippen molar-refractivity contribution in [1.29, 1.82) is 0 Å². The predicted octanol–water partition coefficient (Wildman–Crippen LogP) is 5.05. The summed E-state index contributed by atoms with van der Waals surface area (Å²) >= 11 is 6.26. The maximum atomic E-state index is 12.6. The van der Waals surface area contributed by atoms with Crippen LogP contribution in [-0.4, -0.2) is 15.9 Å². The molecule has 26 heavy (non-hydrogen) atoms. The molecule has 0 aliphatic heterocycles. The Morgan fingerprint density at radius 2 is 1.85 bits per heavy atom. The number of rotatable bonds is 4. The van der Waals surface area contributed by atoms with Crippen molar-refractivity contribution >= 4 is 34.8 Å². The van der Waals surface area contributed by atoms with E-state index in [1.54, 1.807) is 12.3 Å². The highest BCUT2D eigenvalue weighted by molar-refractivity contribution is 6.34. The molecule has 5 nitrogen and oxygen atoms in total. The number of hydrogen-bond donors (Lipinski definition) is 2. The van der Waals surface area contributed by atoms with Crippen LogP contribution in [0.4, 0.5) is 17.3 Å². The lowest BCUT2D eigenvalue weighted by atomic mass is 10.1. The predicted molar refractivity (Wildman–Crippen MR) is 105 cm³/mol. The van der Waals surface area contributed by atoms with E-state index < -0.39 is 0 Å². The molecular weight excluding hydrogens is 348 g/mol. The van der Waals surface area contributed by atoms with Gasteiger partial charge in [0.15, 0.2) is 0 Å². The molecule has 0 saturated heterocycles. The number of benzene rings is 2. The van der Waals surface area contributed by atoms with E-state index in [0.29, 0.717) is 16.7 Å². The smallest absolute Gasteiger partial charge is 0.274 e. The van der Waals surface area contributed by atoms with E-state index in [0.717, 1.165) is 22.4 Å². The van der Waals surface area contributed by atoms with E-state index >= 15 is 0 Å². The van der Waals surface area contributed by atoms with Crippen molar-refractivity contribution in [2.45, 2.75) is 20.8 Å². The van der Waals surface area contributed by atoms with Crippen molar-refractivity contribution in [3.8, 4) is 0 Å². The molecule has 0 aliphatic carbocycles. The highest BCUT2D eigenvalue weighted by Crippen LogP contribution is 2.27. The maximum absolute atomic E-state index is 12.6. The zero-order valence-corrected chi connectivity index (χ0v) is 15.6. The first-order valence-corrected chi connectivity index (χ1v) is 8.55. The first-order chi connectivity index (χ1) is 12.4. The Kier molecular flexibility index (Phi) is 5.19. The van der Waals surface area contributed by atoms with Crippen LogP contribution in [0.25, 0.3) is 0 Å². The Labute approximate surface area is 157 Å². The van der Waals surface area contributed by atoms with Gasteiger partial charge in [-0.15, -0.1) is 0 Å². The lowest BCUT2D eigenvalue weighted by Gasteiger charge is -2.12. The first-order valence-electron chi connectivity index (χ1n) is 8.17. The van der Waals surface area contributed by atoms with Gasteiger partial charge in [-0.1, -0.05) is 29.8 Å². The highest BCUT2D eigenvalue weighted by Gasteiger charge is 2.13. The van der Waals surface area contributed by atoms with Crippen LogP contribution in [0.5, 0.6) is 0 Å². The van der Waals surface area contributed by atoms with Gasteiger partial charge in [-0.3, -0.25) is 4.79 Å². The van der Waals surface area contributed by atoms with Gasteiger partial charge in [0.2, 0.25) is 5.95 Å². The molecule has 132 valence electrons. The van der Waals surface area contributed by atoms with Crippen LogP contribution in [0, 0.1) is 20.8 Å². The van der Waals surface area contributed by atoms with Gasteiger partial charge in [-0.05, 0) is 61.7 Å². The second kappa shape index (κ2) is 7.54. The Morgan fingerprint density at radius 3 is 2.58 bits per heavy atom. The topological polar surface area (TPSA) is 66.9 Å². The van der Waals surface area contributed by atoms with Crippen LogP contribution in [0.15, 0.2) is 48.7 Å². The van der Waals surface area contributed by atoms with E-state index in [1.165, 1.54) is 0 Å². The summed E-state index contributed by atoms with van der Waals surface area (Å²) in [5.41, 5.74) is 4.77. The standard InChI is InChI=1S/C20H19ClN4O/c1-12-5-4-6-15(10-12)23-20-22-8-7-17(24-20)19(26)25-18-14(3)9-13(2)11-16(18)21/h4-11H,1-3H3,(H,25,26)(H,22,23,24). The largest absolute Gasteiger partial charge is 0.324 e. The second-order valence-electron chi connectivity index (χ2n) is 6.15. The molecule has 2 aromatic carbocycles. The number of carbonyl (C=O) groups is 1. The second-order valence-corrected chi connectivity index (χ2v) is 6.56. The van der Waals surface area contributed by atoms with Gasteiger partial charge in [-0.25, -0.2) is 9.97 Å². The number of anilines is 3. The van der Waals surface area contributed by atoms with Gasteiger partial charge in [0.1, 0.15) is 5.69 Å². The molecule has 0 unspecified atom stereocenters. The van der Waals surface area contributed by atoms with Gasteiger partial charge in [-0.2, -0.15) is 0 Å². The minimum Gasteiger partial charge on any atom is -0.324 e. The third-order valence-corrected chi connectivity index (χ3v) is 4.13. The number of halogens is 1. The minimum atomic E-state index is -0.339. The summed E-state index contributed by atoms with van der Waals surface area (Å²) in [4.78, 5) is 21.0. The van der Waals surface area contributed by atoms with E-state index in [1.807, 2.05) is 57.2 Å². The molecule has 0 spiro atoms. The van der Waals surface area contributed by atoms with Crippen LogP contribution >= 0.6 is 11.6 Å². The fourth-order valence-electron chi connectivity index (χ4n) is 2.65. The normalized spacial score (nSPS) is 10.5. The molecular formula is C20H19ClN4O. The molecule has 0 radical (unpaired) electrons. The average Bonchev–Trinajstić information content (AvgIpc) is 2.58. The lowest BCUT2D eigenvalue weighted by molar-refractivity contribution is 0.102. The van der Waals surface area contributed by atoms with Crippen molar-refractivity contribution in [2.24, 2.45) is 0 Å². The molecule has 1 heterocycles. The third-order valence-electron chi connectivity index (χ3n) is 3.83. The third kappa shape index (κ3) is 4.18. The number of nitrogens with zero attached hydrogens (tertiary/aromatic N) is 2. The number of nitrogens with one attached hydrogen (secondary N) is 2. The van der Waals surface area contributed by atoms with E-state index in [2.05, 4.69) is 20.6 Å². The van der Waals surface area contributed by atoms with Gasteiger partial charge in [0.05, 0.1) is 10.7 Å². The number of hydrogen-bond acceptors (Lipinski definition) is 4. The average molecular weight is 367 g/mol. The number of aromatic nitrogens is 2. The van der Waals surface area contributed by atoms with Crippen LogP contribution in [0.2, 0.25) is 5.02 Å². The van der Waals surface area contributed by atoms with Gasteiger partial charge < -0.3 is 10.6 Å². The Bertz CT molecular complexity index is 949. The summed E-state index contributed by atoms with van der Waals surface area (Å²) in [6, 6.07) is 13.2. The summed E-state index contributed by atoms with van der Waals surface area (Å²) in [7, 11) is 0. The van der Waals surface area contributed by atoms with Crippen molar-refractivity contribution in [1.82, 2.24) is 9.97 Å². The van der Waals surface area contributed by atoms with Crippen molar-refractivity contribution < 1.29 is 4.79 Å². The molecule has 2 N–H and O–H groups in total. The zero-order chi connectivity index (χ0) is 18.7. The van der Waals surface area contributed by atoms with Crippen LogP contribution < -0.4 is 10.6 Å². The summed E-state index contributed by atoms with van der Waals surface area (Å²) < 4.78 is 0. The molecule has 6 heteroatoms. The van der Waals surface area contributed by atoms with Crippen LogP contribution in [0.3, 0.4) is 0 Å². The number of aryl methyl sites for hydroxylation is 3. The number of carbonyl (C=O) groups excluding carboxylic acids is 1. The molecule has 0 saturated carbocycles. The SMILES string of the molecule is Cc1cccc(Nc2nccc(C(=O)Nc3c(C)cc(C)cc3Cl)n2)c1. The minimum absolute atomic E-state index is 0.256. The van der Waals surface area contributed by atoms with Gasteiger partial charge in [0, 0.05) is 11.9 Å². The number of amides is 1. The molecule has 0 fully saturated rings. The fraction of sp³-hybridized carbons (Fsp3) is 0.150. The van der Waals surface area contributed by atoms with Crippen molar-refractivity contribution in [3.63, 3.8) is 0 Å². The summed E-state index contributed by atoms with van der Waals surface area (Å²) in [6.45, 7) is 5.86. The van der Waals surface area contributed by atoms with Crippen LogP contribution in [-0.2, 0) is 0 Å². The summed E-state index contributed by atoms with van der Waals surface area (Å²) in [5, 5.41) is 6.44. The highest BCUT2D eigenvalue weighted by atomic mass is 35.5. The zero-order valence-electron chi connectivity index (χ0n) is 14.8. The molecule has 3 aromatic rings. The molecule has 0 atom stereocenters. The Hall–Kier alpha value is -2.92. The Morgan fingerprint density at radius 1 is 1.04 bits per heavy atom. The lowest BCUT2D eigenvalue weighted by Crippen LogP contribution is -2.16. The molecule has 0 aliphatic rings. The maximum Gasteiger partial charge on any atom is 0.274 e. The van der Waals surface area contributed by atoms with E-state index in [9.17, 15) is 4.79 Å². The van der Waals surface area contributed by atoms with Gasteiger partial charge >= 0.3 is 0 Å².